The third-order valence-corrected chi connectivity index (χ3v) is 3.99. The summed E-state index contributed by atoms with van der Waals surface area (Å²) in [5, 5.41) is 9.83. The Morgan fingerprint density at radius 1 is 1.14 bits per heavy atom. The second-order valence-electron chi connectivity index (χ2n) is 4.76. The Kier molecular flexibility index (Phi) is 6.05. The van der Waals surface area contributed by atoms with Gasteiger partial charge in [0.1, 0.15) is 0 Å². The molecule has 0 N–H and O–H groups in total. The van der Waals surface area contributed by atoms with Gasteiger partial charge in [-0.2, -0.15) is 5.26 Å². The van der Waals surface area contributed by atoms with Gasteiger partial charge in [0.15, 0.2) is 5.17 Å². The number of hydrogen-bond donors (Lipinski definition) is 0. The molecule has 0 bridgehead atoms. The lowest BCUT2D eigenvalue weighted by molar-refractivity contribution is 0.444. The zero-order valence-electron chi connectivity index (χ0n) is 12.9. The maximum absolute atomic E-state index is 8.85. The number of nitriles is 1. The molecule has 0 heterocycles. The minimum absolute atomic E-state index is 0.654. The fourth-order valence-electron chi connectivity index (χ4n) is 2.08. The molecule has 0 atom stereocenters. The molecule has 0 aliphatic rings. The number of aliphatic imine (C=N–C) groups is 1. The van der Waals surface area contributed by atoms with Crippen LogP contribution < -0.4 is 0 Å². The van der Waals surface area contributed by atoms with Crippen LogP contribution in [-0.4, -0.2) is 22.9 Å². The summed E-state index contributed by atoms with van der Waals surface area (Å²) < 4.78 is 0. The quantitative estimate of drug-likeness (QED) is 0.619. The molecule has 0 unspecified atom stereocenters. The monoisotopic (exact) mass is 309 g/mol. The minimum Gasteiger partial charge on any atom is -0.347 e. The predicted molar refractivity (Wildman–Crippen MR) is 94.3 cm³/mol. The lowest BCUT2D eigenvalue weighted by Gasteiger charge is -2.23. The van der Waals surface area contributed by atoms with Crippen molar-refractivity contribution in [2.45, 2.75) is 13.5 Å². The van der Waals surface area contributed by atoms with Crippen molar-refractivity contribution in [1.82, 2.24) is 4.90 Å². The van der Waals surface area contributed by atoms with Gasteiger partial charge in [-0.05, 0) is 43.0 Å². The minimum atomic E-state index is 0.654. The predicted octanol–water partition coefficient (Wildman–Crippen LogP) is 4.43. The second-order valence-corrected chi connectivity index (χ2v) is 5.53. The molecule has 112 valence electrons. The van der Waals surface area contributed by atoms with Gasteiger partial charge in [-0.15, -0.1) is 0 Å². The average molecular weight is 309 g/mol. The van der Waals surface area contributed by atoms with Gasteiger partial charge in [0, 0.05) is 13.1 Å². The summed E-state index contributed by atoms with van der Waals surface area (Å²) in [4.78, 5) is 6.96. The largest absolute Gasteiger partial charge is 0.347 e. The van der Waals surface area contributed by atoms with Crippen molar-refractivity contribution in [3.05, 3.63) is 65.7 Å². The molecule has 0 aliphatic carbocycles. The van der Waals surface area contributed by atoms with E-state index < -0.39 is 0 Å². The lowest BCUT2D eigenvalue weighted by atomic mass is 10.2. The summed E-state index contributed by atoms with van der Waals surface area (Å²) in [5.41, 5.74) is 2.79. The Labute approximate surface area is 136 Å². The van der Waals surface area contributed by atoms with E-state index in [1.807, 2.05) is 24.5 Å². The first-order valence-corrected chi connectivity index (χ1v) is 8.41. The van der Waals surface area contributed by atoms with Crippen LogP contribution in [0, 0.1) is 11.3 Å². The summed E-state index contributed by atoms with van der Waals surface area (Å²) in [5.74, 6) is 0. The molecule has 2 rings (SSSR count). The Morgan fingerprint density at radius 2 is 1.82 bits per heavy atom. The molecule has 4 heteroatoms. The fourth-order valence-corrected chi connectivity index (χ4v) is 2.73. The maximum atomic E-state index is 8.85. The Hall–Kier alpha value is -2.25. The number of benzene rings is 2. The highest BCUT2D eigenvalue weighted by Gasteiger charge is 2.09. The third-order valence-electron chi connectivity index (χ3n) is 3.27. The highest BCUT2D eigenvalue weighted by Crippen LogP contribution is 2.18. The van der Waals surface area contributed by atoms with E-state index in [1.165, 1.54) is 5.56 Å². The highest BCUT2D eigenvalue weighted by molar-refractivity contribution is 8.13. The molecule has 0 amide bonds. The number of amidine groups is 1. The van der Waals surface area contributed by atoms with Crippen LogP contribution in [0.15, 0.2) is 59.6 Å². The zero-order valence-corrected chi connectivity index (χ0v) is 13.7. The van der Waals surface area contributed by atoms with Gasteiger partial charge >= 0.3 is 0 Å². The lowest BCUT2D eigenvalue weighted by Crippen LogP contribution is -2.27. The van der Waals surface area contributed by atoms with E-state index in [1.54, 1.807) is 23.9 Å². The van der Waals surface area contributed by atoms with Crippen LogP contribution in [0.3, 0.4) is 0 Å². The van der Waals surface area contributed by atoms with E-state index in [-0.39, 0.29) is 0 Å². The van der Waals surface area contributed by atoms with Crippen LogP contribution in [0.25, 0.3) is 0 Å². The van der Waals surface area contributed by atoms with Crippen molar-refractivity contribution in [2.75, 3.05) is 12.8 Å². The first-order chi connectivity index (χ1) is 10.8. The summed E-state index contributed by atoms with van der Waals surface area (Å²) in [6, 6.07) is 19.9. The van der Waals surface area contributed by atoms with Crippen molar-refractivity contribution >= 4 is 22.6 Å². The van der Waals surface area contributed by atoms with Crippen molar-refractivity contribution in [3.8, 4) is 6.07 Å². The van der Waals surface area contributed by atoms with Gasteiger partial charge in [-0.25, -0.2) is 4.99 Å². The van der Waals surface area contributed by atoms with Gasteiger partial charge in [-0.3, -0.25) is 0 Å². The van der Waals surface area contributed by atoms with Crippen LogP contribution in [-0.2, 0) is 6.54 Å². The van der Waals surface area contributed by atoms with Gasteiger partial charge in [0.25, 0.3) is 0 Å². The summed E-state index contributed by atoms with van der Waals surface area (Å²) in [7, 11) is 0. The highest BCUT2D eigenvalue weighted by atomic mass is 32.2. The fraction of sp³-hybridized carbons (Fsp3) is 0.222. The first-order valence-electron chi connectivity index (χ1n) is 7.18. The molecular weight excluding hydrogens is 290 g/mol. The first kappa shape index (κ1) is 16.1. The van der Waals surface area contributed by atoms with Crippen molar-refractivity contribution < 1.29 is 0 Å². The molecule has 2 aromatic rings. The molecule has 22 heavy (non-hydrogen) atoms. The van der Waals surface area contributed by atoms with E-state index in [2.05, 4.69) is 42.2 Å². The molecule has 0 saturated carbocycles. The Morgan fingerprint density at radius 3 is 2.36 bits per heavy atom. The molecule has 0 aromatic heterocycles. The molecule has 0 radical (unpaired) electrons. The Bertz CT molecular complexity index is 657. The molecule has 0 spiro atoms. The van der Waals surface area contributed by atoms with E-state index in [4.69, 9.17) is 10.3 Å². The molecule has 0 fully saturated rings. The number of nitrogens with zero attached hydrogens (tertiary/aromatic N) is 3. The Balaban J connectivity index is 2.19. The van der Waals surface area contributed by atoms with Crippen molar-refractivity contribution in [3.63, 3.8) is 0 Å². The van der Waals surface area contributed by atoms with Crippen LogP contribution in [0.1, 0.15) is 18.1 Å². The SMILES string of the molecule is CCN(Cc1ccccc1)C(=Nc1ccc(C#N)cc1)SC. The van der Waals surface area contributed by atoms with Crippen molar-refractivity contribution in [2.24, 2.45) is 4.99 Å². The van der Waals surface area contributed by atoms with Crippen molar-refractivity contribution in [1.29, 1.82) is 5.26 Å². The molecule has 2 aromatic carbocycles. The number of hydrogen-bond acceptors (Lipinski definition) is 3. The number of rotatable bonds is 4. The maximum Gasteiger partial charge on any atom is 0.164 e. The van der Waals surface area contributed by atoms with E-state index in [9.17, 15) is 0 Å². The topological polar surface area (TPSA) is 39.4 Å². The number of thioether (sulfide) groups is 1. The molecule has 0 saturated heterocycles. The van der Waals surface area contributed by atoms with Crippen LogP contribution in [0.5, 0.6) is 0 Å². The van der Waals surface area contributed by atoms with Gasteiger partial charge in [0.05, 0.1) is 17.3 Å². The van der Waals surface area contributed by atoms with Crippen LogP contribution in [0.2, 0.25) is 0 Å². The van der Waals surface area contributed by atoms with E-state index in [0.29, 0.717) is 5.56 Å². The molecule has 3 nitrogen and oxygen atoms in total. The second kappa shape index (κ2) is 8.26. The summed E-state index contributed by atoms with van der Waals surface area (Å²) in [6.07, 6.45) is 2.04. The third kappa shape index (κ3) is 4.37. The van der Waals surface area contributed by atoms with E-state index >= 15 is 0 Å². The van der Waals surface area contributed by atoms with Gasteiger partial charge < -0.3 is 4.90 Å². The average Bonchev–Trinajstić information content (AvgIpc) is 2.59. The normalized spacial score (nSPS) is 11.0. The summed E-state index contributed by atoms with van der Waals surface area (Å²) in [6.45, 7) is 3.87. The van der Waals surface area contributed by atoms with Crippen LogP contribution in [0.4, 0.5) is 5.69 Å². The van der Waals surface area contributed by atoms with Gasteiger partial charge in [-0.1, -0.05) is 42.1 Å². The molecular formula is C18H19N3S. The smallest absolute Gasteiger partial charge is 0.164 e. The zero-order chi connectivity index (χ0) is 15.8. The standard InChI is InChI=1S/C18H19N3S/c1-3-21(14-16-7-5-4-6-8-16)18(22-2)20-17-11-9-15(13-19)10-12-17/h4-12H,3,14H2,1-2H3. The van der Waals surface area contributed by atoms with Crippen LogP contribution >= 0.6 is 11.8 Å². The summed E-state index contributed by atoms with van der Waals surface area (Å²) >= 11 is 1.64. The molecule has 0 aliphatic heterocycles. The van der Waals surface area contributed by atoms with E-state index in [0.717, 1.165) is 23.9 Å². The van der Waals surface area contributed by atoms with Gasteiger partial charge in [0.2, 0.25) is 0 Å².